The van der Waals surface area contributed by atoms with Gasteiger partial charge in [0.25, 0.3) is 0 Å². The van der Waals surface area contributed by atoms with Crippen LogP contribution in [0.5, 0.6) is 0 Å². The van der Waals surface area contributed by atoms with Crippen molar-refractivity contribution in [2.24, 2.45) is 0 Å². The standard InChI is InChI=1S/C12H14FN3S/c1-8(2)16-11(14-15-12(16)17)7-9-4-3-5-10(13)6-9/h3-6,8H,7H2,1-2H3,(H,15,17). The van der Waals surface area contributed by atoms with E-state index in [1.807, 2.05) is 24.5 Å². The van der Waals surface area contributed by atoms with Crippen molar-refractivity contribution < 1.29 is 4.39 Å². The zero-order chi connectivity index (χ0) is 12.4. The molecule has 0 fully saturated rings. The van der Waals surface area contributed by atoms with E-state index < -0.39 is 0 Å². The number of benzene rings is 1. The fraction of sp³-hybridized carbons (Fsp3) is 0.333. The number of nitrogens with one attached hydrogen (secondary N) is 1. The van der Waals surface area contributed by atoms with E-state index in [0.29, 0.717) is 11.2 Å². The van der Waals surface area contributed by atoms with Crippen LogP contribution in [0.1, 0.15) is 31.3 Å². The van der Waals surface area contributed by atoms with Crippen molar-refractivity contribution in [1.29, 1.82) is 0 Å². The lowest BCUT2D eigenvalue weighted by atomic mass is 10.1. The van der Waals surface area contributed by atoms with Crippen LogP contribution in [0.2, 0.25) is 0 Å². The summed E-state index contributed by atoms with van der Waals surface area (Å²) >= 11 is 5.16. The topological polar surface area (TPSA) is 33.6 Å². The summed E-state index contributed by atoms with van der Waals surface area (Å²) in [4.78, 5) is 0. The molecule has 90 valence electrons. The predicted octanol–water partition coefficient (Wildman–Crippen LogP) is 3.25. The molecule has 0 aliphatic heterocycles. The first-order valence-corrected chi connectivity index (χ1v) is 5.89. The van der Waals surface area contributed by atoms with Gasteiger partial charge in [-0.3, -0.25) is 5.10 Å². The smallest absolute Gasteiger partial charge is 0.195 e. The summed E-state index contributed by atoms with van der Waals surface area (Å²) in [6.07, 6.45) is 0.572. The highest BCUT2D eigenvalue weighted by Gasteiger charge is 2.09. The van der Waals surface area contributed by atoms with Gasteiger partial charge < -0.3 is 4.57 Å². The summed E-state index contributed by atoms with van der Waals surface area (Å²) in [7, 11) is 0. The minimum absolute atomic E-state index is 0.229. The maximum atomic E-state index is 13.1. The lowest BCUT2D eigenvalue weighted by Gasteiger charge is -2.10. The summed E-state index contributed by atoms with van der Waals surface area (Å²) in [5.41, 5.74) is 0.890. The van der Waals surface area contributed by atoms with E-state index in [1.165, 1.54) is 12.1 Å². The molecule has 0 aliphatic rings. The van der Waals surface area contributed by atoms with Crippen molar-refractivity contribution in [3.63, 3.8) is 0 Å². The molecule has 0 saturated heterocycles. The quantitative estimate of drug-likeness (QED) is 0.849. The maximum absolute atomic E-state index is 13.1. The fourth-order valence-corrected chi connectivity index (χ4v) is 2.19. The average Bonchev–Trinajstić information content (AvgIpc) is 2.59. The maximum Gasteiger partial charge on any atom is 0.195 e. The van der Waals surface area contributed by atoms with Crippen molar-refractivity contribution in [3.8, 4) is 0 Å². The molecule has 0 bridgehead atoms. The molecule has 17 heavy (non-hydrogen) atoms. The number of aromatic amines is 1. The molecule has 1 N–H and O–H groups in total. The molecule has 2 aromatic rings. The second kappa shape index (κ2) is 4.79. The Morgan fingerprint density at radius 3 is 2.88 bits per heavy atom. The molecular weight excluding hydrogens is 237 g/mol. The molecule has 1 aromatic carbocycles. The Kier molecular flexibility index (Phi) is 3.38. The van der Waals surface area contributed by atoms with Gasteiger partial charge in [-0.25, -0.2) is 4.39 Å². The van der Waals surface area contributed by atoms with Gasteiger partial charge in [0.2, 0.25) is 0 Å². The van der Waals surface area contributed by atoms with E-state index in [0.717, 1.165) is 11.4 Å². The van der Waals surface area contributed by atoms with E-state index in [4.69, 9.17) is 12.2 Å². The zero-order valence-electron chi connectivity index (χ0n) is 9.77. The van der Waals surface area contributed by atoms with E-state index >= 15 is 0 Å². The van der Waals surface area contributed by atoms with Crippen LogP contribution in [0.25, 0.3) is 0 Å². The number of rotatable bonds is 3. The molecular formula is C12H14FN3S. The van der Waals surface area contributed by atoms with Gasteiger partial charge >= 0.3 is 0 Å². The third-order valence-corrected chi connectivity index (χ3v) is 2.83. The molecule has 0 atom stereocenters. The first-order chi connectivity index (χ1) is 8.08. The Morgan fingerprint density at radius 2 is 2.24 bits per heavy atom. The first-order valence-electron chi connectivity index (χ1n) is 5.48. The number of hydrogen-bond donors (Lipinski definition) is 1. The Morgan fingerprint density at radius 1 is 1.47 bits per heavy atom. The van der Waals surface area contributed by atoms with Crippen molar-refractivity contribution in [1.82, 2.24) is 14.8 Å². The number of H-pyrrole nitrogens is 1. The third kappa shape index (κ3) is 2.61. The molecule has 0 saturated carbocycles. The zero-order valence-corrected chi connectivity index (χ0v) is 10.6. The molecule has 1 heterocycles. The van der Waals surface area contributed by atoms with Crippen LogP contribution < -0.4 is 0 Å². The van der Waals surface area contributed by atoms with Gasteiger partial charge in [-0.2, -0.15) is 5.10 Å². The van der Waals surface area contributed by atoms with E-state index in [2.05, 4.69) is 10.2 Å². The van der Waals surface area contributed by atoms with E-state index in [1.54, 1.807) is 6.07 Å². The minimum Gasteiger partial charge on any atom is -0.301 e. The van der Waals surface area contributed by atoms with Crippen LogP contribution in [-0.2, 0) is 6.42 Å². The van der Waals surface area contributed by atoms with Crippen molar-refractivity contribution in [2.75, 3.05) is 0 Å². The summed E-state index contributed by atoms with van der Waals surface area (Å²) < 4.78 is 15.6. The predicted molar refractivity (Wildman–Crippen MR) is 67.0 cm³/mol. The fourth-order valence-electron chi connectivity index (χ4n) is 1.82. The minimum atomic E-state index is -0.229. The van der Waals surface area contributed by atoms with Crippen LogP contribution in [-0.4, -0.2) is 14.8 Å². The Hall–Kier alpha value is -1.49. The van der Waals surface area contributed by atoms with E-state index in [-0.39, 0.29) is 11.9 Å². The molecule has 0 radical (unpaired) electrons. The number of halogens is 1. The van der Waals surface area contributed by atoms with Crippen LogP contribution in [0, 0.1) is 10.6 Å². The molecule has 0 unspecified atom stereocenters. The van der Waals surface area contributed by atoms with Crippen LogP contribution in [0.15, 0.2) is 24.3 Å². The van der Waals surface area contributed by atoms with Crippen molar-refractivity contribution in [2.45, 2.75) is 26.3 Å². The van der Waals surface area contributed by atoms with E-state index in [9.17, 15) is 4.39 Å². The van der Waals surface area contributed by atoms with Gasteiger partial charge in [0.1, 0.15) is 11.6 Å². The summed E-state index contributed by atoms with van der Waals surface area (Å²) in [6, 6.07) is 6.77. The van der Waals surface area contributed by atoms with Gasteiger partial charge in [-0.15, -0.1) is 0 Å². The summed E-state index contributed by atoms with van der Waals surface area (Å²) in [5, 5.41) is 6.96. The highest BCUT2D eigenvalue weighted by Crippen LogP contribution is 2.13. The highest BCUT2D eigenvalue weighted by molar-refractivity contribution is 7.71. The van der Waals surface area contributed by atoms with Gasteiger partial charge in [0, 0.05) is 12.5 Å². The Bertz CT molecular complexity index is 571. The number of hydrogen-bond acceptors (Lipinski definition) is 2. The lowest BCUT2D eigenvalue weighted by molar-refractivity contribution is 0.567. The lowest BCUT2D eigenvalue weighted by Crippen LogP contribution is -2.07. The number of nitrogens with zero attached hydrogens (tertiary/aromatic N) is 2. The molecule has 3 nitrogen and oxygen atoms in total. The van der Waals surface area contributed by atoms with Crippen LogP contribution >= 0.6 is 12.2 Å². The SMILES string of the molecule is CC(C)n1c(Cc2cccc(F)c2)n[nH]c1=S. The van der Waals surface area contributed by atoms with Crippen molar-refractivity contribution >= 4 is 12.2 Å². The molecule has 1 aromatic heterocycles. The molecule has 0 spiro atoms. The number of aromatic nitrogens is 3. The third-order valence-electron chi connectivity index (χ3n) is 2.55. The largest absolute Gasteiger partial charge is 0.301 e. The van der Waals surface area contributed by atoms with Gasteiger partial charge in [-0.1, -0.05) is 12.1 Å². The van der Waals surface area contributed by atoms with Gasteiger partial charge in [0.05, 0.1) is 0 Å². The normalized spacial score (nSPS) is 11.1. The molecule has 5 heteroatoms. The highest BCUT2D eigenvalue weighted by atomic mass is 32.1. The Balaban J connectivity index is 2.34. The van der Waals surface area contributed by atoms with Gasteiger partial charge in [-0.05, 0) is 43.8 Å². The summed E-state index contributed by atoms with van der Waals surface area (Å²) in [6.45, 7) is 4.08. The molecule has 2 rings (SSSR count). The average molecular weight is 251 g/mol. The second-order valence-electron chi connectivity index (χ2n) is 4.22. The second-order valence-corrected chi connectivity index (χ2v) is 4.60. The van der Waals surface area contributed by atoms with Crippen molar-refractivity contribution in [3.05, 3.63) is 46.2 Å². The van der Waals surface area contributed by atoms with Gasteiger partial charge in [0.15, 0.2) is 4.77 Å². The molecule has 0 amide bonds. The van der Waals surface area contributed by atoms with Crippen LogP contribution in [0.3, 0.4) is 0 Å². The first kappa shape index (κ1) is 12.0. The summed E-state index contributed by atoms with van der Waals surface area (Å²) in [5.74, 6) is 0.600. The molecule has 0 aliphatic carbocycles. The van der Waals surface area contributed by atoms with Crippen LogP contribution in [0.4, 0.5) is 4.39 Å². The monoisotopic (exact) mass is 251 g/mol. The Labute approximate surface area is 104 Å².